The number of rotatable bonds is 2. The van der Waals surface area contributed by atoms with Crippen molar-refractivity contribution in [1.29, 1.82) is 0 Å². The summed E-state index contributed by atoms with van der Waals surface area (Å²) >= 11 is 0. The topological polar surface area (TPSA) is 29.1 Å². The Balaban J connectivity index is 1.83. The van der Waals surface area contributed by atoms with Crippen LogP contribution in [0.4, 0.5) is 0 Å². The molecule has 1 amide bonds. The van der Waals surface area contributed by atoms with Gasteiger partial charge in [0.1, 0.15) is 0 Å². The standard InChI is InChI=1S/C11H17NO/c1-8-3-2-4-9(7-8)11(13)12-10-5-6-10/h9-10H,1-7H2,(H,12,13). The number of carbonyl (C=O) groups is 1. The summed E-state index contributed by atoms with van der Waals surface area (Å²) in [6.07, 6.45) is 6.59. The molecule has 2 fully saturated rings. The van der Waals surface area contributed by atoms with Crippen LogP contribution in [-0.2, 0) is 4.79 Å². The average molecular weight is 179 g/mol. The Morgan fingerprint density at radius 1 is 1.38 bits per heavy atom. The Hall–Kier alpha value is -0.790. The molecule has 2 aliphatic carbocycles. The molecule has 1 unspecified atom stereocenters. The fourth-order valence-electron chi connectivity index (χ4n) is 1.92. The van der Waals surface area contributed by atoms with Crippen molar-refractivity contribution in [3.8, 4) is 0 Å². The summed E-state index contributed by atoms with van der Waals surface area (Å²) in [5, 5.41) is 3.06. The Morgan fingerprint density at radius 2 is 2.15 bits per heavy atom. The van der Waals surface area contributed by atoms with Gasteiger partial charge in [0.2, 0.25) is 5.91 Å². The van der Waals surface area contributed by atoms with E-state index in [0.717, 1.165) is 25.7 Å². The van der Waals surface area contributed by atoms with Crippen LogP contribution in [0.1, 0.15) is 38.5 Å². The van der Waals surface area contributed by atoms with Crippen molar-refractivity contribution in [3.05, 3.63) is 12.2 Å². The molecule has 0 bridgehead atoms. The van der Waals surface area contributed by atoms with E-state index >= 15 is 0 Å². The molecule has 72 valence electrons. The summed E-state index contributed by atoms with van der Waals surface area (Å²) in [5.74, 6) is 0.491. The molecule has 0 aromatic heterocycles. The van der Waals surface area contributed by atoms with Crippen molar-refractivity contribution in [1.82, 2.24) is 5.32 Å². The zero-order valence-electron chi connectivity index (χ0n) is 8.01. The van der Waals surface area contributed by atoms with Crippen LogP contribution in [0.2, 0.25) is 0 Å². The third kappa shape index (κ3) is 2.33. The smallest absolute Gasteiger partial charge is 0.223 e. The van der Waals surface area contributed by atoms with Crippen LogP contribution >= 0.6 is 0 Å². The molecular formula is C11H17NO. The van der Waals surface area contributed by atoms with Gasteiger partial charge in [-0.25, -0.2) is 0 Å². The molecule has 0 spiro atoms. The molecule has 2 saturated carbocycles. The number of hydrogen-bond donors (Lipinski definition) is 1. The first-order valence-corrected chi connectivity index (χ1v) is 5.23. The Bertz CT molecular complexity index is 230. The van der Waals surface area contributed by atoms with E-state index in [9.17, 15) is 4.79 Å². The fourth-order valence-corrected chi connectivity index (χ4v) is 1.92. The minimum Gasteiger partial charge on any atom is -0.353 e. The van der Waals surface area contributed by atoms with Gasteiger partial charge in [-0.3, -0.25) is 4.79 Å². The van der Waals surface area contributed by atoms with E-state index in [4.69, 9.17) is 0 Å². The summed E-state index contributed by atoms with van der Waals surface area (Å²) in [6, 6.07) is 0.502. The average Bonchev–Trinajstić information content (AvgIpc) is 2.88. The predicted octanol–water partition coefficient (Wildman–Crippen LogP) is 2.01. The Kier molecular flexibility index (Phi) is 2.38. The zero-order valence-corrected chi connectivity index (χ0v) is 8.01. The van der Waals surface area contributed by atoms with Crippen LogP contribution in [0.15, 0.2) is 12.2 Å². The lowest BCUT2D eigenvalue weighted by molar-refractivity contribution is -0.125. The minimum atomic E-state index is 0.224. The van der Waals surface area contributed by atoms with E-state index in [-0.39, 0.29) is 11.8 Å². The van der Waals surface area contributed by atoms with Gasteiger partial charge in [0, 0.05) is 12.0 Å². The molecule has 2 heteroatoms. The minimum absolute atomic E-state index is 0.224. The molecule has 0 saturated heterocycles. The highest BCUT2D eigenvalue weighted by Crippen LogP contribution is 2.28. The number of carbonyl (C=O) groups excluding carboxylic acids is 1. The maximum Gasteiger partial charge on any atom is 0.223 e. The van der Waals surface area contributed by atoms with Gasteiger partial charge < -0.3 is 5.32 Å². The second-order valence-corrected chi connectivity index (χ2v) is 4.33. The Morgan fingerprint density at radius 3 is 2.77 bits per heavy atom. The van der Waals surface area contributed by atoms with E-state index in [2.05, 4.69) is 11.9 Å². The summed E-state index contributed by atoms with van der Waals surface area (Å²) in [7, 11) is 0. The fraction of sp³-hybridized carbons (Fsp3) is 0.727. The number of amides is 1. The zero-order chi connectivity index (χ0) is 9.26. The summed E-state index contributed by atoms with van der Waals surface area (Å²) in [6.45, 7) is 3.96. The third-order valence-corrected chi connectivity index (χ3v) is 2.91. The highest BCUT2D eigenvalue weighted by Gasteiger charge is 2.28. The number of allylic oxidation sites excluding steroid dienone is 1. The highest BCUT2D eigenvalue weighted by molar-refractivity contribution is 5.79. The van der Waals surface area contributed by atoms with Crippen LogP contribution in [0.25, 0.3) is 0 Å². The van der Waals surface area contributed by atoms with Crippen molar-refractivity contribution in [2.45, 2.75) is 44.6 Å². The van der Waals surface area contributed by atoms with Gasteiger partial charge in [0.25, 0.3) is 0 Å². The van der Waals surface area contributed by atoms with Crippen LogP contribution in [0.3, 0.4) is 0 Å². The molecule has 2 nitrogen and oxygen atoms in total. The molecule has 2 aliphatic rings. The molecule has 0 aliphatic heterocycles. The monoisotopic (exact) mass is 179 g/mol. The van der Waals surface area contributed by atoms with Gasteiger partial charge in [-0.2, -0.15) is 0 Å². The second kappa shape index (κ2) is 3.52. The van der Waals surface area contributed by atoms with Crippen molar-refractivity contribution in [2.75, 3.05) is 0 Å². The molecule has 1 N–H and O–H groups in total. The molecule has 0 radical (unpaired) electrons. The molecule has 1 atom stereocenters. The number of hydrogen-bond acceptors (Lipinski definition) is 1. The lowest BCUT2D eigenvalue weighted by Gasteiger charge is -2.22. The SMILES string of the molecule is C=C1CCCC(C(=O)NC2CC2)C1. The van der Waals surface area contributed by atoms with Crippen LogP contribution in [-0.4, -0.2) is 11.9 Å². The number of nitrogens with one attached hydrogen (secondary N) is 1. The van der Waals surface area contributed by atoms with Gasteiger partial charge in [-0.05, 0) is 38.5 Å². The molecule has 2 rings (SSSR count). The Labute approximate surface area is 79.4 Å². The van der Waals surface area contributed by atoms with Crippen LogP contribution in [0.5, 0.6) is 0 Å². The van der Waals surface area contributed by atoms with Crippen molar-refractivity contribution in [3.63, 3.8) is 0 Å². The van der Waals surface area contributed by atoms with Crippen LogP contribution in [0, 0.1) is 5.92 Å². The molecule has 0 heterocycles. The maximum atomic E-state index is 11.6. The van der Waals surface area contributed by atoms with E-state index in [0.29, 0.717) is 6.04 Å². The first kappa shape index (κ1) is 8.79. The van der Waals surface area contributed by atoms with E-state index < -0.39 is 0 Å². The molecule has 13 heavy (non-hydrogen) atoms. The van der Waals surface area contributed by atoms with Gasteiger partial charge in [-0.15, -0.1) is 0 Å². The molecular weight excluding hydrogens is 162 g/mol. The van der Waals surface area contributed by atoms with Gasteiger partial charge in [0.05, 0.1) is 0 Å². The van der Waals surface area contributed by atoms with Crippen LogP contribution < -0.4 is 5.32 Å². The summed E-state index contributed by atoms with van der Waals surface area (Å²) in [5.41, 5.74) is 1.25. The van der Waals surface area contributed by atoms with Crippen molar-refractivity contribution < 1.29 is 4.79 Å². The van der Waals surface area contributed by atoms with E-state index in [1.807, 2.05) is 0 Å². The van der Waals surface area contributed by atoms with Crippen molar-refractivity contribution >= 4 is 5.91 Å². The molecule has 0 aromatic rings. The van der Waals surface area contributed by atoms with Gasteiger partial charge >= 0.3 is 0 Å². The normalized spacial score (nSPS) is 28.6. The lowest BCUT2D eigenvalue weighted by Crippen LogP contribution is -2.33. The van der Waals surface area contributed by atoms with Gasteiger partial charge in [-0.1, -0.05) is 12.2 Å². The third-order valence-electron chi connectivity index (χ3n) is 2.91. The molecule has 0 aromatic carbocycles. The predicted molar refractivity (Wildman–Crippen MR) is 52.3 cm³/mol. The second-order valence-electron chi connectivity index (χ2n) is 4.33. The summed E-state index contributed by atoms with van der Waals surface area (Å²) in [4.78, 5) is 11.6. The summed E-state index contributed by atoms with van der Waals surface area (Å²) < 4.78 is 0. The maximum absolute atomic E-state index is 11.6. The largest absolute Gasteiger partial charge is 0.353 e. The van der Waals surface area contributed by atoms with E-state index in [1.54, 1.807) is 0 Å². The first-order valence-electron chi connectivity index (χ1n) is 5.23. The first-order chi connectivity index (χ1) is 6.25. The quantitative estimate of drug-likeness (QED) is 0.645. The van der Waals surface area contributed by atoms with Gasteiger partial charge in [0.15, 0.2) is 0 Å². The van der Waals surface area contributed by atoms with Crippen molar-refractivity contribution in [2.24, 2.45) is 5.92 Å². The highest BCUT2D eigenvalue weighted by atomic mass is 16.2. The lowest BCUT2D eigenvalue weighted by atomic mass is 9.86. The van der Waals surface area contributed by atoms with E-state index in [1.165, 1.54) is 18.4 Å².